The first kappa shape index (κ1) is 10.4. The van der Waals surface area contributed by atoms with Crippen LogP contribution in [0.5, 0.6) is 0 Å². The first-order valence-electron chi connectivity index (χ1n) is 3.94. The van der Waals surface area contributed by atoms with Crippen molar-refractivity contribution in [2.45, 2.75) is 39.3 Å². The molecule has 0 heterocycles. The van der Waals surface area contributed by atoms with Gasteiger partial charge in [-0.1, -0.05) is 24.3 Å². The quantitative estimate of drug-likeness (QED) is 0.545. The van der Waals surface area contributed by atoms with Crippen LogP contribution in [0, 0.1) is 0 Å². The number of rotatable bonds is 4. The maximum atomic E-state index is 13.1. The molecule has 1 atom stereocenters. The van der Waals surface area contributed by atoms with Crippen LogP contribution in [-0.2, 0) is 0 Å². The summed E-state index contributed by atoms with van der Waals surface area (Å²) in [6, 6.07) is 0. The summed E-state index contributed by atoms with van der Waals surface area (Å²) >= 11 is 0. The highest BCUT2D eigenvalue weighted by Gasteiger charge is 2.15. The average Bonchev–Trinajstić information content (AvgIpc) is 1.87. The van der Waals surface area contributed by atoms with Crippen LogP contribution < -0.4 is 0 Å². The van der Waals surface area contributed by atoms with Crippen molar-refractivity contribution in [3.8, 4) is 0 Å². The van der Waals surface area contributed by atoms with E-state index in [0.717, 1.165) is 6.42 Å². The molecular weight excluding hydrogens is 139 g/mol. The molecule has 0 aliphatic carbocycles. The summed E-state index contributed by atoms with van der Waals surface area (Å²) in [6.45, 7) is 9.02. The molecule has 0 saturated heterocycles. The minimum absolute atomic E-state index is 0.529. The van der Waals surface area contributed by atoms with Crippen molar-refractivity contribution in [1.82, 2.24) is 0 Å². The van der Waals surface area contributed by atoms with E-state index in [2.05, 4.69) is 6.58 Å². The van der Waals surface area contributed by atoms with Crippen LogP contribution in [0.3, 0.4) is 0 Å². The van der Waals surface area contributed by atoms with Gasteiger partial charge in [0.25, 0.3) is 0 Å². The van der Waals surface area contributed by atoms with Crippen molar-refractivity contribution in [3.63, 3.8) is 0 Å². The fraction of sp³-hybridized carbons (Fsp3) is 0.600. The van der Waals surface area contributed by atoms with Gasteiger partial charge < -0.3 is 0 Å². The predicted molar refractivity (Wildman–Crippen MR) is 48.4 cm³/mol. The highest BCUT2D eigenvalue weighted by Crippen LogP contribution is 2.18. The van der Waals surface area contributed by atoms with E-state index in [1.54, 1.807) is 6.92 Å². The summed E-state index contributed by atoms with van der Waals surface area (Å²) in [5.41, 5.74) is 0.0382. The molecule has 1 heteroatoms. The predicted octanol–water partition coefficient (Wildman–Crippen LogP) is 3.65. The molecule has 0 rings (SSSR count). The Kier molecular flexibility index (Phi) is 4.09. The molecule has 0 amide bonds. The molecule has 0 aliphatic heterocycles. The van der Waals surface area contributed by atoms with Gasteiger partial charge in [0.1, 0.15) is 5.67 Å². The second-order valence-electron chi connectivity index (χ2n) is 3.30. The van der Waals surface area contributed by atoms with Crippen LogP contribution in [0.1, 0.15) is 33.6 Å². The van der Waals surface area contributed by atoms with Gasteiger partial charge in [0, 0.05) is 0 Å². The summed E-state index contributed by atoms with van der Waals surface area (Å²) in [7, 11) is 0. The molecule has 0 N–H and O–H groups in total. The Labute approximate surface area is 68.8 Å². The Morgan fingerprint density at radius 3 is 2.45 bits per heavy atom. The molecule has 0 aromatic heterocycles. The summed E-state index contributed by atoms with van der Waals surface area (Å²) in [6.07, 6.45) is 4.73. The van der Waals surface area contributed by atoms with Crippen molar-refractivity contribution in [2.24, 2.45) is 0 Å². The van der Waals surface area contributed by atoms with Gasteiger partial charge in [-0.05, 0) is 33.6 Å². The second kappa shape index (κ2) is 4.32. The normalized spacial score (nSPS) is 15.3. The summed E-state index contributed by atoms with van der Waals surface area (Å²) in [4.78, 5) is 0. The Bertz CT molecular complexity index is 150. The van der Waals surface area contributed by atoms with Crippen molar-refractivity contribution in [1.29, 1.82) is 0 Å². The molecule has 0 radical (unpaired) electrons. The van der Waals surface area contributed by atoms with Crippen LogP contribution in [0.2, 0.25) is 0 Å². The van der Waals surface area contributed by atoms with E-state index in [1.807, 2.05) is 19.9 Å². The van der Waals surface area contributed by atoms with Gasteiger partial charge in [-0.25, -0.2) is 4.39 Å². The third kappa shape index (κ3) is 5.84. The van der Waals surface area contributed by atoms with Crippen LogP contribution >= 0.6 is 0 Å². The fourth-order valence-electron chi connectivity index (χ4n) is 0.745. The molecule has 0 aliphatic rings. The van der Waals surface area contributed by atoms with E-state index in [9.17, 15) is 4.39 Å². The summed E-state index contributed by atoms with van der Waals surface area (Å²) in [5.74, 6) is 0. The number of hydrogen-bond donors (Lipinski definition) is 0. The Hall–Kier alpha value is -0.590. The monoisotopic (exact) mass is 156 g/mol. The zero-order valence-electron chi connectivity index (χ0n) is 7.65. The topological polar surface area (TPSA) is 0 Å². The van der Waals surface area contributed by atoms with E-state index < -0.39 is 5.67 Å². The van der Waals surface area contributed by atoms with Gasteiger partial charge >= 0.3 is 0 Å². The molecule has 11 heavy (non-hydrogen) atoms. The average molecular weight is 156 g/mol. The van der Waals surface area contributed by atoms with E-state index in [4.69, 9.17) is 0 Å². The first-order valence-corrected chi connectivity index (χ1v) is 3.94. The SMILES string of the molecule is C=C[C@@](C)(F)CCC=C(C)C. The van der Waals surface area contributed by atoms with Crippen LogP contribution in [0.15, 0.2) is 24.3 Å². The summed E-state index contributed by atoms with van der Waals surface area (Å²) < 4.78 is 13.1. The lowest BCUT2D eigenvalue weighted by atomic mass is 10.0. The number of hydrogen-bond acceptors (Lipinski definition) is 0. The Morgan fingerprint density at radius 2 is 2.09 bits per heavy atom. The van der Waals surface area contributed by atoms with Gasteiger partial charge in [-0.3, -0.25) is 0 Å². The van der Waals surface area contributed by atoms with E-state index in [1.165, 1.54) is 11.6 Å². The molecule has 0 spiro atoms. The Balaban J connectivity index is 3.71. The van der Waals surface area contributed by atoms with E-state index >= 15 is 0 Å². The minimum atomic E-state index is -1.20. The maximum absolute atomic E-state index is 13.1. The lowest BCUT2D eigenvalue weighted by Crippen LogP contribution is -2.12. The van der Waals surface area contributed by atoms with Gasteiger partial charge in [0.05, 0.1) is 0 Å². The fourth-order valence-corrected chi connectivity index (χ4v) is 0.745. The molecule has 0 fully saturated rings. The minimum Gasteiger partial charge on any atom is -0.240 e. The van der Waals surface area contributed by atoms with Crippen molar-refractivity contribution < 1.29 is 4.39 Å². The second-order valence-corrected chi connectivity index (χ2v) is 3.30. The van der Waals surface area contributed by atoms with Crippen LogP contribution in [-0.4, -0.2) is 5.67 Å². The van der Waals surface area contributed by atoms with Crippen molar-refractivity contribution in [2.75, 3.05) is 0 Å². The molecule has 64 valence electrons. The standard InChI is InChI=1S/C10H17F/c1-5-10(4,11)8-6-7-9(2)3/h5,7H,1,6,8H2,2-4H3/t10-/m1/s1. The largest absolute Gasteiger partial charge is 0.240 e. The van der Waals surface area contributed by atoms with Gasteiger partial charge in [0.2, 0.25) is 0 Å². The smallest absolute Gasteiger partial charge is 0.126 e. The molecule has 0 aromatic rings. The zero-order chi connectivity index (χ0) is 8.91. The third-order valence-corrected chi connectivity index (χ3v) is 1.61. The number of allylic oxidation sites excluding steroid dienone is 3. The van der Waals surface area contributed by atoms with Gasteiger partial charge in [-0.15, -0.1) is 0 Å². The molecule has 0 aromatic carbocycles. The molecule has 0 bridgehead atoms. The van der Waals surface area contributed by atoms with Crippen molar-refractivity contribution >= 4 is 0 Å². The highest BCUT2D eigenvalue weighted by atomic mass is 19.1. The molecular formula is C10H17F. The number of alkyl halides is 1. The van der Waals surface area contributed by atoms with E-state index in [0.29, 0.717) is 6.42 Å². The lowest BCUT2D eigenvalue weighted by Gasteiger charge is -2.13. The van der Waals surface area contributed by atoms with Crippen molar-refractivity contribution in [3.05, 3.63) is 24.3 Å². The van der Waals surface area contributed by atoms with Gasteiger partial charge in [-0.2, -0.15) is 0 Å². The van der Waals surface area contributed by atoms with Crippen LogP contribution in [0.25, 0.3) is 0 Å². The summed E-state index contributed by atoms with van der Waals surface area (Å²) in [5, 5.41) is 0. The highest BCUT2D eigenvalue weighted by molar-refractivity contribution is 4.98. The van der Waals surface area contributed by atoms with E-state index in [-0.39, 0.29) is 0 Å². The Morgan fingerprint density at radius 1 is 1.55 bits per heavy atom. The van der Waals surface area contributed by atoms with Crippen LogP contribution in [0.4, 0.5) is 4.39 Å². The zero-order valence-corrected chi connectivity index (χ0v) is 7.65. The lowest BCUT2D eigenvalue weighted by molar-refractivity contribution is 0.243. The van der Waals surface area contributed by atoms with Gasteiger partial charge in [0.15, 0.2) is 0 Å². The maximum Gasteiger partial charge on any atom is 0.126 e. The third-order valence-electron chi connectivity index (χ3n) is 1.61. The molecule has 0 unspecified atom stereocenters. The first-order chi connectivity index (χ1) is 4.98. The molecule has 0 saturated carbocycles. The molecule has 0 nitrogen and oxygen atoms in total. The number of halogens is 1.